The summed E-state index contributed by atoms with van der Waals surface area (Å²) >= 11 is 5.68. The molecule has 0 aromatic heterocycles. The molecule has 2 aromatic rings. The lowest BCUT2D eigenvalue weighted by Crippen LogP contribution is -2.19. The van der Waals surface area contributed by atoms with E-state index in [9.17, 15) is 9.18 Å². The van der Waals surface area contributed by atoms with E-state index in [0.717, 1.165) is 5.56 Å². The fourth-order valence-corrected chi connectivity index (χ4v) is 2.18. The highest BCUT2D eigenvalue weighted by molar-refractivity contribution is 6.30. The molecule has 1 aliphatic heterocycles. The number of hydrogen-bond acceptors (Lipinski definition) is 3. The average molecular weight is 293 g/mol. The normalized spacial score (nSPS) is 16.8. The van der Waals surface area contributed by atoms with E-state index in [2.05, 4.69) is 5.32 Å². The molecule has 0 bridgehead atoms. The van der Waals surface area contributed by atoms with Crippen molar-refractivity contribution in [2.75, 3.05) is 5.32 Å². The van der Waals surface area contributed by atoms with Crippen LogP contribution in [-0.4, -0.2) is 5.91 Å². The lowest BCUT2D eigenvalue weighted by Gasteiger charge is -2.08. The Morgan fingerprint density at radius 3 is 2.65 bits per heavy atom. The lowest BCUT2D eigenvalue weighted by atomic mass is 10.1. The van der Waals surface area contributed by atoms with Crippen LogP contribution in [0.2, 0.25) is 5.02 Å². The Hall–Kier alpha value is -2.11. The number of hydrogen-bond donors (Lipinski definition) is 2. The van der Waals surface area contributed by atoms with Gasteiger partial charge in [0.25, 0.3) is 0 Å². The quantitative estimate of drug-likeness (QED) is 0.893. The number of nitrogens with two attached hydrogens (primary N) is 1. The molecular weight excluding hydrogens is 283 g/mol. The summed E-state index contributed by atoms with van der Waals surface area (Å²) in [5.74, 6) is 0.152. The Labute approximate surface area is 119 Å². The largest absolute Gasteiger partial charge is 0.457 e. The molecule has 1 aliphatic rings. The molecule has 1 heterocycles. The zero-order valence-electron chi connectivity index (χ0n) is 10.2. The number of benzene rings is 2. The molecule has 1 unspecified atom stereocenters. The first kappa shape index (κ1) is 12.9. The minimum absolute atomic E-state index is 0.0148. The first-order valence-electron chi connectivity index (χ1n) is 5.88. The monoisotopic (exact) mass is 292 g/mol. The maximum Gasteiger partial charge on any atom is 0.245 e. The fraction of sp³-hybridized carbons (Fsp3) is 0.0714. The summed E-state index contributed by atoms with van der Waals surface area (Å²) in [6.45, 7) is 0. The molecular formula is C14H10ClFN2O2. The predicted molar refractivity (Wildman–Crippen MR) is 73.5 cm³/mol. The van der Waals surface area contributed by atoms with Crippen molar-refractivity contribution in [1.82, 2.24) is 0 Å². The molecule has 3 N–H and O–H groups in total. The van der Waals surface area contributed by atoms with E-state index in [4.69, 9.17) is 22.1 Å². The zero-order valence-corrected chi connectivity index (χ0v) is 10.9. The van der Waals surface area contributed by atoms with Crippen LogP contribution in [0.4, 0.5) is 10.1 Å². The molecule has 0 saturated heterocycles. The van der Waals surface area contributed by atoms with Gasteiger partial charge in [0.15, 0.2) is 0 Å². The maximum absolute atomic E-state index is 13.1. The first-order valence-corrected chi connectivity index (χ1v) is 6.26. The van der Waals surface area contributed by atoms with Gasteiger partial charge >= 0.3 is 0 Å². The molecule has 4 nitrogen and oxygen atoms in total. The molecule has 0 fully saturated rings. The highest BCUT2D eigenvalue weighted by atomic mass is 35.5. The van der Waals surface area contributed by atoms with E-state index >= 15 is 0 Å². The van der Waals surface area contributed by atoms with Gasteiger partial charge in [-0.25, -0.2) is 4.39 Å². The van der Waals surface area contributed by atoms with Crippen LogP contribution >= 0.6 is 11.6 Å². The van der Waals surface area contributed by atoms with Gasteiger partial charge in [0.05, 0.1) is 5.02 Å². The minimum atomic E-state index is -0.653. The molecule has 0 saturated carbocycles. The van der Waals surface area contributed by atoms with Crippen molar-refractivity contribution < 1.29 is 13.9 Å². The second-order valence-electron chi connectivity index (χ2n) is 4.39. The van der Waals surface area contributed by atoms with Crippen molar-refractivity contribution in [2.45, 2.75) is 6.04 Å². The molecule has 1 atom stereocenters. The summed E-state index contributed by atoms with van der Waals surface area (Å²) in [4.78, 5) is 11.4. The lowest BCUT2D eigenvalue weighted by molar-refractivity contribution is -0.116. The highest BCUT2D eigenvalue weighted by Crippen LogP contribution is 2.34. The van der Waals surface area contributed by atoms with Crippen molar-refractivity contribution in [3.8, 4) is 11.5 Å². The third kappa shape index (κ3) is 2.21. The van der Waals surface area contributed by atoms with E-state index < -0.39 is 11.9 Å². The van der Waals surface area contributed by atoms with E-state index in [1.165, 1.54) is 18.2 Å². The smallest absolute Gasteiger partial charge is 0.245 e. The van der Waals surface area contributed by atoms with Crippen LogP contribution < -0.4 is 15.8 Å². The van der Waals surface area contributed by atoms with E-state index in [-0.39, 0.29) is 10.9 Å². The molecule has 1 amide bonds. The van der Waals surface area contributed by atoms with E-state index in [1.807, 2.05) is 0 Å². The summed E-state index contributed by atoms with van der Waals surface area (Å²) < 4.78 is 18.6. The SMILES string of the molecule is NC1C(=O)Nc2cc(Oc3ccc(F)c(Cl)c3)ccc21. The van der Waals surface area contributed by atoms with Crippen molar-refractivity contribution in [3.05, 3.63) is 52.8 Å². The van der Waals surface area contributed by atoms with Crippen LogP contribution in [0.3, 0.4) is 0 Å². The second kappa shape index (κ2) is 4.77. The van der Waals surface area contributed by atoms with E-state index in [0.29, 0.717) is 17.2 Å². The third-order valence-corrected chi connectivity index (χ3v) is 3.32. The summed E-state index contributed by atoms with van der Waals surface area (Å²) in [6.07, 6.45) is 0. The average Bonchev–Trinajstić information content (AvgIpc) is 2.69. The Kier molecular flexibility index (Phi) is 3.08. The third-order valence-electron chi connectivity index (χ3n) is 3.03. The fourth-order valence-electron chi connectivity index (χ4n) is 2.01. The number of amides is 1. The van der Waals surface area contributed by atoms with Crippen LogP contribution in [-0.2, 0) is 4.79 Å². The van der Waals surface area contributed by atoms with Gasteiger partial charge in [-0.05, 0) is 18.2 Å². The minimum Gasteiger partial charge on any atom is -0.457 e. The van der Waals surface area contributed by atoms with Gasteiger partial charge in [0.1, 0.15) is 23.4 Å². The van der Waals surface area contributed by atoms with Crippen molar-refractivity contribution in [3.63, 3.8) is 0 Å². The van der Waals surface area contributed by atoms with Crippen LogP contribution in [0.15, 0.2) is 36.4 Å². The number of ether oxygens (including phenoxy) is 1. The van der Waals surface area contributed by atoms with Crippen LogP contribution in [0.5, 0.6) is 11.5 Å². The first-order chi connectivity index (χ1) is 9.54. The molecule has 20 heavy (non-hydrogen) atoms. The second-order valence-corrected chi connectivity index (χ2v) is 4.80. The summed E-state index contributed by atoms with van der Waals surface area (Å²) in [5.41, 5.74) is 7.06. The Morgan fingerprint density at radius 2 is 1.90 bits per heavy atom. The molecule has 2 aromatic carbocycles. The van der Waals surface area contributed by atoms with Crippen LogP contribution in [0.1, 0.15) is 11.6 Å². The molecule has 0 aliphatic carbocycles. The van der Waals surface area contributed by atoms with Gasteiger partial charge in [-0.1, -0.05) is 17.7 Å². The van der Waals surface area contributed by atoms with Gasteiger partial charge in [0, 0.05) is 23.4 Å². The molecule has 0 spiro atoms. The number of rotatable bonds is 2. The zero-order chi connectivity index (χ0) is 14.3. The van der Waals surface area contributed by atoms with Crippen molar-refractivity contribution in [2.24, 2.45) is 5.73 Å². The van der Waals surface area contributed by atoms with E-state index in [1.54, 1.807) is 18.2 Å². The molecule has 6 heteroatoms. The topological polar surface area (TPSA) is 64.4 Å². The molecule has 0 radical (unpaired) electrons. The Bertz CT molecular complexity index is 706. The predicted octanol–water partition coefficient (Wildman–Crippen LogP) is 3.22. The van der Waals surface area contributed by atoms with Crippen LogP contribution in [0.25, 0.3) is 0 Å². The number of anilines is 1. The van der Waals surface area contributed by atoms with Gasteiger partial charge < -0.3 is 15.8 Å². The molecule has 3 rings (SSSR count). The van der Waals surface area contributed by atoms with Gasteiger partial charge in [-0.2, -0.15) is 0 Å². The maximum atomic E-state index is 13.1. The molecule has 102 valence electrons. The summed E-state index contributed by atoms with van der Waals surface area (Å²) in [5, 5.41) is 2.65. The van der Waals surface area contributed by atoms with Crippen molar-refractivity contribution >= 4 is 23.2 Å². The standard InChI is InChI=1S/C14H10ClFN2O2/c15-10-5-7(2-4-11(10)16)20-8-1-3-9-12(6-8)18-14(19)13(9)17/h1-6,13H,17H2,(H,18,19). The summed E-state index contributed by atoms with van der Waals surface area (Å²) in [7, 11) is 0. The summed E-state index contributed by atoms with van der Waals surface area (Å²) in [6, 6.07) is 8.50. The highest BCUT2D eigenvalue weighted by Gasteiger charge is 2.27. The van der Waals surface area contributed by atoms with Gasteiger partial charge in [-0.15, -0.1) is 0 Å². The number of carbonyl (C=O) groups excluding carboxylic acids is 1. The number of fused-ring (bicyclic) bond motifs is 1. The van der Waals surface area contributed by atoms with Gasteiger partial charge in [0.2, 0.25) is 5.91 Å². The number of halogens is 2. The Morgan fingerprint density at radius 1 is 1.20 bits per heavy atom. The number of nitrogens with one attached hydrogen (secondary N) is 1. The number of carbonyl (C=O) groups is 1. The Balaban J connectivity index is 1.87. The van der Waals surface area contributed by atoms with Crippen molar-refractivity contribution in [1.29, 1.82) is 0 Å². The van der Waals surface area contributed by atoms with Crippen LogP contribution in [0, 0.1) is 5.82 Å². The van der Waals surface area contributed by atoms with Gasteiger partial charge in [-0.3, -0.25) is 4.79 Å².